The summed E-state index contributed by atoms with van der Waals surface area (Å²) in [6, 6.07) is 9.85. The fourth-order valence-corrected chi connectivity index (χ4v) is 4.00. The summed E-state index contributed by atoms with van der Waals surface area (Å²) in [4.78, 5) is 18.8. The van der Waals surface area contributed by atoms with E-state index in [4.69, 9.17) is 19.4 Å². The smallest absolute Gasteiger partial charge is 0.179 e. The van der Waals surface area contributed by atoms with Gasteiger partial charge in [-0.1, -0.05) is 0 Å². The van der Waals surface area contributed by atoms with E-state index in [1.54, 1.807) is 37.5 Å². The molecule has 0 saturated heterocycles. The summed E-state index contributed by atoms with van der Waals surface area (Å²) in [5.41, 5.74) is 4.82. The van der Waals surface area contributed by atoms with Gasteiger partial charge in [-0.05, 0) is 29.8 Å². The maximum absolute atomic E-state index is 5.53. The molecule has 0 aliphatic heterocycles. The van der Waals surface area contributed by atoms with Crippen LogP contribution in [0.4, 0.5) is 0 Å². The third-order valence-corrected chi connectivity index (χ3v) is 5.87. The lowest BCUT2D eigenvalue weighted by molar-refractivity contribution is 0.393. The highest BCUT2D eigenvalue weighted by Gasteiger charge is 2.21. The quantitative estimate of drug-likeness (QED) is 0.370. The van der Waals surface area contributed by atoms with Crippen molar-refractivity contribution >= 4 is 11.2 Å². The van der Waals surface area contributed by atoms with E-state index in [1.807, 2.05) is 61.4 Å². The molecule has 1 aromatic carbocycles. The molecule has 4 heterocycles. The zero-order valence-corrected chi connectivity index (χ0v) is 19.5. The van der Waals surface area contributed by atoms with Crippen molar-refractivity contribution < 1.29 is 9.47 Å². The number of pyridine rings is 1. The number of aryl methyl sites for hydroxylation is 2. The van der Waals surface area contributed by atoms with Crippen LogP contribution in [0.5, 0.6) is 11.5 Å². The SMILES string of the molecule is COc1cc(OC)cc(C(Cc2nccn2C)c2ccc3ncc(-c4cnn(C)c4)nc3n2)c1. The highest BCUT2D eigenvalue weighted by atomic mass is 16.5. The fraction of sp³-hybridized carbons (Fsp3) is 0.240. The second-order valence-electron chi connectivity index (χ2n) is 8.09. The number of hydrogen-bond acceptors (Lipinski definition) is 7. The van der Waals surface area contributed by atoms with E-state index < -0.39 is 0 Å². The Labute approximate surface area is 197 Å². The third kappa shape index (κ3) is 4.19. The maximum atomic E-state index is 5.53. The minimum Gasteiger partial charge on any atom is -0.497 e. The number of imidazole rings is 1. The van der Waals surface area contributed by atoms with Gasteiger partial charge in [0.25, 0.3) is 0 Å². The molecular weight excluding hydrogens is 430 g/mol. The summed E-state index contributed by atoms with van der Waals surface area (Å²) in [6.45, 7) is 0. The topological polar surface area (TPSA) is 92.8 Å². The van der Waals surface area contributed by atoms with Crippen molar-refractivity contribution in [1.29, 1.82) is 0 Å². The van der Waals surface area contributed by atoms with Gasteiger partial charge in [-0.3, -0.25) is 9.67 Å². The first kappa shape index (κ1) is 21.6. The number of fused-ring (bicyclic) bond motifs is 1. The van der Waals surface area contributed by atoms with E-state index in [-0.39, 0.29) is 5.92 Å². The van der Waals surface area contributed by atoms with Crippen molar-refractivity contribution in [1.82, 2.24) is 34.3 Å². The summed E-state index contributed by atoms with van der Waals surface area (Å²) in [7, 11) is 7.16. The van der Waals surface area contributed by atoms with Crippen LogP contribution in [0.15, 0.2) is 61.3 Å². The van der Waals surface area contributed by atoms with Gasteiger partial charge in [-0.25, -0.2) is 15.0 Å². The Morgan fingerprint density at radius 1 is 0.941 bits per heavy atom. The first-order valence-electron chi connectivity index (χ1n) is 10.9. The molecule has 9 nitrogen and oxygen atoms in total. The Morgan fingerprint density at radius 3 is 2.38 bits per heavy atom. The highest BCUT2D eigenvalue weighted by Crippen LogP contribution is 2.33. The van der Waals surface area contributed by atoms with Crippen LogP contribution in [0.3, 0.4) is 0 Å². The Bertz CT molecular complexity index is 1430. The molecule has 0 bridgehead atoms. The van der Waals surface area contributed by atoms with Gasteiger partial charge in [0.2, 0.25) is 0 Å². The summed E-state index contributed by atoms with van der Waals surface area (Å²) >= 11 is 0. The summed E-state index contributed by atoms with van der Waals surface area (Å²) in [5, 5.41) is 4.24. The predicted molar refractivity (Wildman–Crippen MR) is 128 cm³/mol. The number of rotatable bonds is 7. The van der Waals surface area contributed by atoms with Crippen molar-refractivity contribution in [2.75, 3.05) is 14.2 Å². The number of hydrogen-bond donors (Lipinski definition) is 0. The Balaban J connectivity index is 1.63. The largest absolute Gasteiger partial charge is 0.497 e. The average Bonchev–Trinajstić information content (AvgIpc) is 3.49. The summed E-state index contributed by atoms with van der Waals surface area (Å²) in [5.74, 6) is 2.29. The molecule has 0 amide bonds. The summed E-state index contributed by atoms with van der Waals surface area (Å²) < 4.78 is 14.8. The van der Waals surface area contributed by atoms with Gasteiger partial charge < -0.3 is 14.0 Å². The molecule has 34 heavy (non-hydrogen) atoms. The number of nitrogens with zero attached hydrogens (tertiary/aromatic N) is 7. The fourth-order valence-electron chi connectivity index (χ4n) is 4.00. The molecule has 0 aliphatic rings. The Kier molecular flexibility index (Phi) is 5.67. The van der Waals surface area contributed by atoms with Crippen LogP contribution >= 0.6 is 0 Å². The van der Waals surface area contributed by atoms with Crippen molar-refractivity contribution in [2.45, 2.75) is 12.3 Å². The van der Waals surface area contributed by atoms with E-state index in [0.717, 1.165) is 45.4 Å². The van der Waals surface area contributed by atoms with Crippen LogP contribution in [0.25, 0.3) is 22.4 Å². The number of methoxy groups -OCH3 is 2. The summed E-state index contributed by atoms with van der Waals surface area (Å²) in [6.07, 6.45) is 9.82. The molecule has 1 atom stereocenters. The van der Waals surface area contributed by atoms with Gasteiger partial charge in [0.1, 0.15) is 22.8 Å². The van der Waals surface area contributed by atoms with Gasteiger partial charge in [-0.2, -0.15) is 5.10 Å². The van der Waals surface area contributed by atoms with Gasteiger partial charge in [-0.15, -0.1) is 0 Å². The molecule has 0 aliphatic carbocycles. The van der Waals surface area contributed by atoms with Gasteiger partial charge in [0.15, 0.2) is 5.65 Å². The van der Waals surface area contributed by atoms with Crippen molar-refractivity contribution in [3.63, 3.8) is 0 Å². The van der Waals surface area contributed by atoms with Crippen molar-refractivity contribution in [2.24, 2.45) is 14.1 Å². The standard InChI is InChI=1S/C25H25N7O2/c1-31-8-7-26-24(31)12-20(16-9-18(33-3)11-19(10-16)34-4)21-5-6-22-25(29-21)30-23(14-27-22)17-13-28-32(2)15-17/h5-11,13-15,20H,12H2,1-4H3. The molecule has 0 fully saturated rings. The van der Waals surface area contributed by atoms with Gasteiger partial charge in [0, 0.05) is 56.7 Å². The van der Waals surface area contributed by atoms with Gasteiger partial charge >= 0.3 is 0 Å². The van der Waals surface area contributed by atoms with E-state index >= 15 is 0 Å². The molecule has 4 aromatic heterocycles. The third-order valence-electron chi connectivity index (χ3n) is 5.87. The molecule has 0 spiro atoms. The van der Waals surface area contributed by atoms with Crippen LogP contribution in [0.2, 0.25) is 0 Å². The molecular formula is C25H25N7O2. The monoisotopic (exact) mass is 455 g/mol. The molecule has 0 radical (unpaired) electrons. The van der Waals surface area contributed by atoms with Crippen LogP contribution in [0, 0.1) is 0 Å². The molecule has 5 rings (SSSR count). The first-order valence-corrected chi connectivity index (χ1v) is 10.9. The normalized spacial score (nSPS) is 12.1. The van der Waals surface area contributed by atoms with Crippen LogP contribution < -0.4 is 9.47 Å². The lowest BCUT2D eigenvalue weighted by Crippen LogP contribution is -2.11. The Morgan fingerprint density at radius 2 is 1.74 bits per heavy atom. The van der Waals surface area contributed by atoms with Gasteiger partial charge in [0.05, 0.1) is 38.0 Å². The number of benzene rings is 1. The molecule has 1 unspecified atom stereocenters. The predicted octanol–water partition coefficient (Wildman–Crippen LogP) is 3.55. The zero-order valence-electron chi connectivity index (χ0n) is 19.5. The van der Waals surface area contributed by atoms with E-state index in [1.165, 1.54) is 0 Å². The molecule has 5 aromatic rings. The van der Waals surface area contributed by atoms with Crippen LogP contribution in [-0.2, 0) is 20.5 Å². The molecule has 0 saturated carbocycles. The first-order chi connectivity index (χ1) is 16.5. The zero-order chi connectivity index (χ0) is 23.7. The Hall–Kier alpha value is -4.27. The maximum Gasteiger partial charge on any atom is 0.179 e. The van der Waals surface area contributed by atoms with Crippen LogP contribution in [0.1, 0.15) is 23.0 Å². The van der Waals surface area contributed by atoms with E-state index in [2.05, 4.69) is 15.1 Å². The second-order valence-corrected chi connectivity index (χ2v) is 8.09. The second kappa shape index (κ2) is 8.93. The number of aromatic nitrogens is 7. The number of ether oxygens (including phenoxy) is 2. The minimum atomic E-state index is -0.0988. The average molecular weight is 456 g/mol. The van der Waals surface area contributed by atoms with E-state index in [0.29, 0.717) is 12.1 Å². The van der Waals surface area contributed by atoms with Crippen LogP contribution in [-0.4, -0.2) is 48.5 Å². The van der Waals surface area contributed by atoms with Crippen molar-refractivity contribution in [3.8, 4) is 22.8 Å². The van der Waals surface area contributed by atoms with E-state index in [9.17, 15) is 0 Å². The molecule has 172 valence electrons. The molecule has 0 N–H and O–H groups in total. The minimum absolute atomic E-state index is 0.0988. The van der Waals surface area contributed by atoms with Crippen molar-refractivity contribution in [3.05, 3.63) is 78.4 Å². The molecule has 9 heteroatoms. The lowest BCUT2D eigenvalue weighted by atomic mass is 9.91. The lowest BCUT2D eigenvalue weighted by Gasteiger charge is -2.19. The highest BCUT2D eigenvalue weighted by molar-refractivity contribution is 5.73.